The molecular formula is C10H19NO3. The van der Waals surface area contributed by atoms with Crippen molar-refractivity contribution in [3.05, 3.63) is 0 Å². The normalized spacial score (nSPS) is 20.4. The van der Waals surface area contributed by atoms with Gasteiger partial charge in [-0.2, -0.15) is 0 Å². The van der Waals surface area contributed by atoms with Gasteiger partial charge in [0, 0.05) is 19.8 Å². The minimum atomic E-state index is -0.208. The summed E-state index contributed by atoms with van der Waals surface area (Å²) < 4.78 is 9.84. The average Bonchev–Trinajstić information content (AvgIpc) is 2.18. The first-order valence-electron chi connectivity index (χ1n) is 5.02. The van der Waals surface area contributed by atoms with Gasteiger partial charge in [-0.1, -0.05) is 6.92 Å². The maximum Gasteiger partial charge on any atom is 0.319 e. The first-order valence-corrected chi connectivity index (χ1v) is 5.02. The van der Waals surface area contributed by atoms with Gasteiger partial charge >= 0.3 is 5.97 Å². The molecule has 1 aliphatic heterocycles. The van der Waals surface area contributed by atoms with Crippen LogP contribution in [0.15, 0.2) is 0 Å². The zero-order valence-corrected chi connectivity index (χ0v) is 8.97. The molecule has 0 aromatic heterocycles. The molecule has 0 saturated carbocycles. The van der Waals surface area contributed by atoms with Gasteiger partial charge in [-0.25, -0.2) is 0 Å². The quantitative estimate of drug-likeness (QED) is 0.675. The summed E-state index contributed by atoms with van der Waals surface area (Å²) in [6, 6.07) is 0. The largest absolute Gasteiger partial charge is 0.468 e. The summed E-state index contributed by atoms with van der Waals surface area (Å²) in [6.07, 6.45) is 2.11. The highest BCUT2D eigenvalue weighted by atomic mass is 16.5. The van der Waals surface area contributed by atoms with Crippen LogP contribution in [0.1, 0.15) is 19.8 Å². The fourth-order valence-electron chi connectivity index (χ4n) is 1.58. The number of ether oxygens (including phenoxy) is 2. The SMILES string of the molecule is COC(=O)CNCC1(C)CCOCC1. The molecule has 1 aliphatic rings. The number of carbonyl (C=O) groups excluding carboxylic acids is 1. The Labute approximate surface area is 85.0 Å². The first kappa shape index (κ1) is 11.5. The van der Waals surface area contributed by atoms with Crippen LogP contribution >= 0.6 is 0 Å². The van der Waals surface area contributed by atoms with Crippen molar-refractivity contribution in [3.63, 3.8) is 0 Å². The minimum Gasteiger partial charge on any atom is -0.468 e. The van der Waals surface area contributed by atoms with Crippen molar-refractivity contribution in [1.29, 1.82) is 0 Å². The van der Waals surface area contributed by atoms with Crippen LogP contribution in [-0.4, -0.2) is 39.4 Å². The number of rotatable bonds is 4. The van der Waals surface area contributed by atoms with Crippen molar-refractivity contribution < 1.29 is 14.3 Å². The number of esters is 1. The molecule has 0 amide bonds. The van der Waals surface area contributed by atoms with E-state index in [-0.39, 0.29) is 11.4 Å². The molecule has 0 aromatic carbocycles. The topological polar surface area (TPSA) is 47.6 Å². The Balaban J connectivity index is 2.18. The minimum absolute atomic E-state index is 0.208. The summed E-state index contributed by atoms with van der Waals surface area (Å²) in [5.74, 6) is -0.208. The Morgan fingerprint density at radius 2 is 2.14 bits per heavy atom. The van der Waals surface area contributed by atoms with E-state index in [2.05, 4.69) is 17.0 Å². The van der Waals surface area contributed by atoms with Gasteiger partial charge in [0.1, 0.15) is 0 Å². The molecule has 1 rings (SSSR count). The fraction of sp³-hybridized carbons (Fsp3) is 0.900. The third-order valence-corrected chi connectivity index (χ3v) is 2.75. The molecule has 0 unspecified atom stereocenters. The van der Waals surface area contributed by atoms with Gasteiger partial charge in [-0.3, -0.25) is 4.79 Å². The summed E-state index contributed by atoms with van der Waals surface area (Å²) in [4.78, 5) is 10.8. The summed E-state index contributed by atoms with van der Waals surface area (Å²) in [6.45, 7) is 5.03. The molecule has 0 aromatic rings. The summed E-state index contributed by atoms with van der Waals surface area (Å²) in [5, 5.41) is 3.12. The van der Waals surface area contributed by atoms with Gasteiger partial charge in [0.2, 0.25) is 0 Å². The monoisotopic (exact) mass is 201 g/mol. The smallest absolute Gasteiger partial charge is 0.319 e. The lowest BCUT2D eigenvalue weighted by atomic mass is 9.82. The molecule has 4 nitrogen and oxygen atoms in total. The van der Waals surface area contributed by atoms with Gasteiger partial charge in [-0.15, -0.1) is 0 Å². The predicted octanol–water partition coefficient (Wildman–Crippen LogP) is 0.566. The van der Waals surface area contributed by atoms with Gasteiger partial charge in [0.05, 0.1) is 13.7 Å². The molecular weight excluding hydrogens is 182 g/mol. The van der Waals surface area contributed by atoms with E-state index in [9.17, 15) is 4.79 Å². The van der Waals surface area contributed by atoms with Gasteiger partial charge < -0.3 is 14.8 Å². The highest BCUT2D eigenvalue weighted by molar-refractivity contribution is 5.71. The van der Waals surface area contributed by atoms with Crippen LogP contribution in [0.2, 0.25) is 0 Å². The second-order valence-corrected chi connectivity index (χ2v) is 4.10. The lowest BCUT2D eigenvalue weighted by Gasteiger charge is -2.33. The van der Waals surface area contributed by atoms with Crippen molar-refractivity contribution in [3.8, 4) is 0 Å². The first-order chi connectivity index (χ1) is 6.66. The molecule has 0 bridgehead atoms. The number of methoxy groups -OCH3 is 1. The molecule has 1 saturated heterocycles. The Bertz CT molecular complexity index is 188. The van der Waals surface area contributed by atoms with E-state index in [1.54, 1.807) is 0 Å². The lowest BCUT2D eigenvalue weighted by Crippen LogP contribution is -2.38. The van der Waals surface area contributed by atoms with E-state index in [1.807, 2.05) is 0 Å². The molecule has 0 spiro atoms. The summed E-state index contributed by atoms with van der Waals surface area (Å²) in [7, 11) is 1.40. The lowest BCUT2D eigenvalue weighted by molar-refractivity contribution is -0.139. The zero-order chi connectivity index (χ0) is 10.4. The zero-order valence-electron chi connectivity index (χ0n) is 8.97. The van der Waals surface area contributed by atoms with Crippen LogP contribution < -0.4 is 5.32 Å². The molecule has 82 valence electrons. The van der Waals surface area contributed by atoms with Crippen molar-refractivity contribution in [2.75, 3.05) is 33.4 Å². The number of hydrogen-bond acceptors (Lipinski definition) is 4. The van der Waals surface area contributed by atoms with Crippen LogP contribution in [0.4, 0.5) is 0 Å². The van der Waals surface area contributed by atoms with Gasteiger partial charge in [-0.05, 0) is 18.3 Å². The van der Waals surface area contributed by atoms with Gasteiger partial charge in [0.15, 0.2) is 0 Å². The Morgan fingerprint density at radius 3 is 2.71 bits per heavy atom. The van der Waals surface area contributed by atoms with E-state index in [1.165, 1.54) is 7.11 Å². The fourth-order valence-corrected chi connectivity index (χ4v) is 1.58. The van der Waals surface area contributed by atoms with Gasteiger partial charge in [0.25, 0.3) is 0 Å². The standard InChI is InChI=1S/C10H19NO3/c1-10(3-5-14-6-4-10)8-11-7-9(12)13-2/h11H,3-8H2,1-2H3. The average molecular weight is 201 g/mol. The van der Waals surface area contributed by atoms with Crippen LogP contribution in [0.3, 0.4) is 0 Å². The molecule has 1 heterocycles. The second-order valence-electron chi connectivity index (χ2n) is 4.10. The van der Waals surface area contributed by atoms with E-state index >= 15 is 0 Å². The molecule has 1 N–H and O–H groups in total. The molecule has 0 atom stereocenters. The van der Waals surface area contributed by atoms with Crippen LogP contribution in [0.25, 0.3) is 0 Å². The van der Waals surface area contributed by atoms with Crippen molar-refractivity contribution in [2.45, 2.75) is 19.8 Å². The highest BCUT2D eigenvalue weighted by Gasteiger charge is 2.26. The maximum atomic E-state index is 10.8. The van der Waals surface area contributed by atoms with Crippen molar-refractivity contribution in [1.82, 2.24) is 5.32 Å². The van der Waals surface area contributed by atoms with E-state index in [0.717, 1.165) is 32.6 Å². The highest BCUT2D eigenvalue weighted by Crippen LogP contribution is 2.28. The Kier molecular flexibility index (Phi) is 4.35. The molecule has 0 aliphatic carbocycles. The maximum absolute atomic E-state index is 10.8. The van der Waals surface area contributed by atoms with Crippen molar-refractivity contribution >= 4 is 5.97 Å². The Hall–Kier alpha value is -0.610. The third kappa shape index (κ3) is 3.64. The van der Waals surface area contributed by atoms with Crippen molar-refractivity contribution in [2.24, 2.45) is 5.41 Å². The van der Waals surface area contributed by atoms with Crippen LogP contribution in [0, 0.1) is 5.41 Å². The molecule has 1 fully saturated rings. The summed E-state index contributed by atoms with van der Waals surface area (Å²) >= 11 is 0. The second kappa shape index (κ2) is 5.32. The third-order valence-electron chi connectivity index (χ3n) is 2.75. The molecule has 0 radical (unpaired) electrons. The Morgan fingerprint density at radius 1 is 1.50 bits per heavy atom. The van der Waals surface area contributed by atoms with Crippen LogP contribution in [0.5, 0.6) is 0 Å². The molecule has 4 heteroatoms. The summed E-state index contributed by atoms with van der Waals surface area (Å²) in [5.41, 5.74) is 0.270. The van der Waals surface area contributed by atoms with E-state index in [4.69, 9.17) is 4.74 Å². The number of hydrogen-bond donors (Lipinski definition) is 1. The van der Waals surface area contributed by atoms with Crippen LogP contribution in [-0.2, 0) is 14.3 Å². The van der Waals surface area contributed by atoms with E-state index in [0.29, 0.717) is 6.54 Å². The predicted molar refractivity (Wildman–Crippen MR) is 53.0 cm³/mol. The number of nitrogens with one attached hydrogen (secondary N) is 1. The molecule has 14 heavy (non-hydrogen) atoms. The number of carbonyl (C=O) groups is 1. The van der Waals surface area contributed by atoms with E-state index < -0.39 is 0 Å².